The van der Waals surface area contributed by atoms with Crippen LogP contribution >= 0.6 is 0 Å². The number of carbonyl (C=O) groups excluding carboxylic acids is 2. The van der Waals surface area contributed by atoms with Crippen LogP contribution < -0.4 is 0 Å². The number of hydrogen-bond acceptors (Lipinski definition) is 5. The third kappa shape index (κ3) is 23.7. The smallest absolute Gasteiger partial charge is 0.309 e. The lowest BCUT2D eigenvalue weighted by Gasteiger charge is -2.21. The number of nitrogens with zero attached hydrogens (tertiary/aromatic N) is 1. The van der Waals surface area contributed by atoms with Gasteiger partial charge in [0.25, 0.3) is 0 Å². The van der Waals surface area contributed by atoms with Crippen molar-refractivity contribution in [2.24, 2.45) is 5.92 Å². The van der Waals surface area contributed by atoms with Crippen LogP contribution in [0.15, 0.2) is 0 Å². The van der Waals surface area contributed by atoms with Crippen molar-refractivity contribution in [1.82, 2.24) is 4.90 Å². The highest BCUT2D eigenvalue weighted by atomic mass is 16.6. The molecular weight excluding hydrogens is 462 g/mol. The maximum atomic E-state index is 13.1. The molecule has 0 aromatic rings. The van der Waals surface area contributed by atoms with Gasteiger partial charge in [-0.2, -0.15) is 0 Å². The molecule has 0 N–H and O–H groups in total. The van der Waals surface area contributed by atoms with E-state index in [-0.39, 0.29) is 30.6 Å². The summed E-state index contributed by atoms with van der Waals surface area (Å²) in [4.78, 5) is 27.6. The zero-order valence-corrected chi connectivity index (χ0v) is 25.5. The molecule has 0 saturated heterocycles. The topological polar surface area (TPSA) is 55.8 Å². The number of carbonyl (C=O) groups is 2. The Balaban J connectivity index is 4.80. The van der Waals surface area contributed by atoms with Crippen molar-refractivity contribution in [3.05, 3.63) is 0 Å². The first-order valence-electron chi connectivity index (χ1n) is 15.9. The molecule has 0 fully saturated rings. The molecule has 0 aromatic carbocycles. The van der Waals surface area contributed by atoms with Crippen molar-refractivity contribution < 1.29 is 19.1 Å². The summed E-state index contributed by atoms with van der Waals surface area (Å²) < 4.78 is 11.6. The summed E-state index contributed by atoms with van der Waals surface area (Å²) in [6, 6.07) is 0. The van der Waals surface area contributed by atoms with Gasteiger partial charge in [-0.3, -0.25) is 9.59 Å². The predicted molar refractivity (Wildman–Crippen MR) is 157 cm³/mol. The van der Waals surface area contributed by atoms with Gasteiger partial charge in [0.1, 0.15) is 12.7 Å². The molecule has 0 aliphatic carbocycles. The van der Waals surface area contributed by atoms with Gasteiger partial charge in [0, 0.05) is 6.42 Å². The first kappa shape index (κ1) is 35.9. The highest BCUT2D eigenvalue weighted by Gasteiger charge is 2.22. The summed E-state index contributed by atoms with van der Waals surface area (Å²) in [7, 11) is 4.02. The van der Waals surface area contributed by atoms with Crippen LogP contribution in [0.3, 0.4) is 0 Å². The third-order valence-electron chi connectivity index (χ3n) is 7.22. The minimum atomic E-state index is -0.322. The number of unbranched alkanes of at least 4 members (excludes halogenated alkanes) is 13. The molecule has 37 heavy (non-hydrogen) atoms. The van der Waals surface area contributed by atoms with Gasteiger partial charge < -0.3 is 14.4 Å². The molecule has 0 spiro atoms. The maximum Gasteiger partial charge on any atom is 0.309 e. The first-order chi connectivity index (χ1) is 17.9. The average Bonchev–Trinajstić information content (AvgIpc) is 2.87. The van der Waals surface area contributed by atoms with Gasteiger partial charge in [-0.05, 0) is 52.7 Å². The van der Waals surface area contributed by atoms with Gasteiger partial charge >= 0.3 is 11.9 Å². The highest BCUT2D eigenvalue weighted by Crippen LogP contribution is 2.21. The second kappa shape index (κ2) is 26.5. The van der Waals surface area contributed by atoms with E-state index in [1.807, 2.05) is 14.1 Å². The molecule has 220 valence electrons. The molecule has 0 aliphatic rings. The third-order valence-corrected chi connectivity index (χ3v) is 7.22. The Morgan fingerprint density at radius 3 is 1.57 bits per heavy atom. The Kier molecular flexibility index (Phi) is 25.7. The van der Waals surface area contributed by atoms with Gasteiger partial charge in [-0.1, -0.05) is 117 Å². The van der Waals surface area contributed by atoms with E-state index in [4.69, 9.17) is 9.47 Å². The maximum absolute atomic E-state index is 13.1. The van der Waals surface area contributed by atoms with Crippen molar-refractivity contribution >= 4 is 11.9 Å². The van der Waals surface area contributed by atoms with Crippen LogP contribution in [0.4, 0.5) is 0 Å². The lowest BCUT2D eigenvalue weighted by molar-refractivity contribution is -0.162. The van der Waals surface area contributed by atoms with E-state index in [9.17, 15) is 9.59 Å². The fraction of sp³-hybridized carbons (Fsp3) is 0.938. The van der Waals surface area contributed by atoms with Crippen LogP contribution in [0.5, 0.6) is 0 Å². The first-order valence-corrected chi connectivity index (χ1v) is 15.9. The minimum absolute atomic E-state index is 0.0197. The van der Waals surface area contributed by atoms with Gasteiger partial charge in [-0.25, -0.2) is 0 Å². The lowest BCUT2D eigenvalue weighted by atomic mass is 9.94. The molecule has 1 atom stereocenters. The molecule has 0 rings (SSSR count). The second-order valence-corrected chi connectivity index (χ2v) is 11.3. The average molecular weight is 526 g/mol. The van der Waals surface area contributed by atoms with Gasteiger partial charge in [0.15, 0.2) is 0 Å². The Bertz CT molecular complexity index is 509. The zero-order chi connectivity index (χ0) is 27.6. The number of hydrogen-bond donors (Lipinski definition) is 0. The van der Waals surface area contributed by atoms with Crippen molar-refractivity contribution in [2.75, 3.05) is 27.2 Å². The molecule has 5 heteroatoms. The summed E-state index contributed by atoms with van der Waals surface area (Å²) in [6.07, 6.45) is 22.7. The molecule has 0 bridgehead atoms. The minimum Gasteiger partial charge on any atom is -0.462 e. The standard InChI is InChI=1S/C32H63NO4/c1-6-9-12-15-18-21-25-30(37-31(34)26-22-27-33(4)5)28-36-32(35)29(23-19-16-13-10-7-2)24-20-17-14-11-8-3/h29-30H,6-28H2,1-5H3. The van der Waals surface area contributed by atoms with E-state index in [0.717, 1.165) is 57.9 Å². The van der Waals surface area contributed by atoms with Crippen LogP contribution in [0.2, 0.25) is 0 Å². The zero-order valence-electron chi connectivity index (χ0n) is 25.5. The normalized spacial score (nSPS) is 12.3. The Morgan fingerprint density at radius 2 is 1.08 bits per heavy atom. The molecule has 0 aliphatic heterocycles. The van der Waals surface area contributed by atoms with Crippen molar-refractivity contribution in [3.63, 3.8) is 0 Å². The SMILES string of the molecule is CCCCCCCCC(COC(=O)C(CCCCCCC)CCCCCCC)OC(=O)CCCN(C)C. The lowest BCUT2D eigenvalue weighted by Crippen LogP contribution is -2.28. The Morgan fingerprint density at radius 1 is 0.622 bits per heavy atom. The van der Waals surface area contributed by atoms with E-state index >= 15 is 0 Å². The molecule has 0 saturated carbocycles. The number of rotatable bonds is 27. The van der Waals surface area contributed by atoms with Gasteiger partial charge in [0.2, 0.25) is 0 Å². The van der Waals surface area contributed by atoms with Crippen LogP contribution in [0.25, 0.3) is 0 Å². The van der Waals surface area contributed by atoms with Crippen molar-refractivity contribution in [3.8, 4) is 0 Å². The van der Waals surface area contributed by atoms with E-state index in [1.54, 1.807) is 0 Å². The van der Waals surface area contributed by atoms with Crippen LogP contribution in [0.1, 0.15) is 156 Å². The Labute approximate surface area is 230 Å². The summed E-state index contributed by atoms with van der Waals surface area (Å²) in [5.74, 6) is -0.270. The fourth-order valence-electron chi connectivity index (χ4n) is 4.77. The largest absolute Gasteiger partial charge is 0.462 e. The molecular formula is C32H63NO4. The number of ether oxygens (including phenoxy) is 2. The van der Waals surface area contributed by atoms with E-state index in [2.05, 4.69) is 25.7 Å². The number of esters is 2. The monoisotopic (exact) mass is 525 g/mol. The van der Waals surface area contributed by atoms with Crippen molar-refractivity contribution in [1.29, 1.82) is 0 Å². The van der Waals surface area contributed by atoms with Crippen LogP contribution in [-0.2, 0) is 19.1 Å². The van der Waals surface area contributed by atoms with Gasteiger partial charge in [-0.15, -0.1) is 0 Å². The molecule has 0 amide bonds. The quantitative estimate of drug-likeness (QED) is 0.0791. The fourth-order valence-corrected chi connectivity index (χ4v) is 4.77. The molecule has 0 radical (unpaired) electrons. The van der Waals surface area contributed by atoms with E-state index in [1.165, 1.54) is 77.0 Å². The molecule has 5 nitrogen and oxygen atoms in total. The van der Waals surface area contributed by atoms with Crippen LogP contribution in [0, 0.1) is 5.92 Å². The van der Waals surface area contributed by atoms with Crippen molar-refractivity contribution in [2.45, 2.75) is 162 Å². The highest BCUT2D eigenvalue weighted by molar-refractivity contribution is 5.72. The Hall–Kier alpha value is -1.10. The van der Waals surface area contributed by atoms with E-state index < -0.39 is 0 Å². The summed E-state index contributed by atoms with van der Waals surface area (Å²) in [5, 5.41) is 0. The summed E-state index contributed by atoms with van der Waals surface area (Å²) in [6.45, 7) is 7.75. The predicted octanol–water partition coefficient (Wildman–Crippen LogP) is 8.87. The summed E-state index contributed by atoms with van der Waals surface area (Å²) >= 11 is 0. The molecule has 1 unspecified atom stereocenters. The summed E-state index contributed by atoms with van der Waals surface area (Å²) in [5.41, 5.74) is 0. The second-order valence-electron chi connectivity index (χ2n) is 11.3. The molecule has 0 aromatic heterocycles. The van der Waals surface area contributed by atoms with Gasteiger partial charge in [0.05, 0.1) is 5.92 Å². The van der Waals surface area contributed by atoms with Crippen LogP contribution in [-0.4, -0.2) is 50.2 Å². The van der Waals surface area contributed by atoms with E-state index in [0.29, 0.717) is 6.42 Å². The molecule has 0 heterocycles.